The average molecular weight is 349 g/mol. The first-order valence-electron chi connectivity index (χ1n) is 9.94. The lowest BCUT2D eigenvalue weighted by molar-refractivity contribution is -0.114. The molecule has 0 aliphatic rings. The largest absolute Gasteiger partial charge is 0.287 e. The summed E-state index contributed by atoms with van der Waals surface area (Å²) in [6.07, 6.45) is 13.7. The second-order valence-electron chi connectivity index (χ2n) is 7.13. The first kappa shape index (κ1) is 21.3. The zero-order valence-corrected chi connectivity index (χ0v) is 16.6. The van der Waals surface area contributed by atoms with Gasteiger partial charge in [-0.1, -0.05) is 95.5 Å². The summed E-state index contributed by atoms with van der Waals surface area (Å²) in [6.45, 7) is 4.55. The number of unbranched alkanes of at least 4 members (excludes halogenated alkanes) is 5. The number of benzene rings is 1. The van der Waals surface area contributed by atoms with Crippen LogP contribution in [0.3, 0.4) is 0 Å². The highest BCUT2D eigenvalue weighted by molar-refractivity contribution is 7.96. The van der Waals surface area contributed by atoms with E-state index in [1.165, 1.54) is 56.9 Å². The van der Waals surface area contributed by atoms with Gasteiger partial charge in [-0.3, -0.25) is 4.79 Å². The summed E-state index contributed by atoms with van der Waals surface area (Å²) in [5, 5.41) is 0.0493. The average Bonchev–Trinajstić information content (AvgIpc) is 2.60. The van der Waals surface area contributed by atoms with Gasteiger partial charge in [-0.05, 0) is 30.7 Å². The van der Waals surface area contributed by atoms with Crippen molar-refractivity contribution in [3.8, 4) is 0 Å². The van der Waals surface area contributed by atoms with Crippen LogP contribution in [0.25, 0.3) is 0 Å². The highest BCUT2D eigenvalue weighted by Crippen LogP contribution is 2.25. The molecule has 2 heteroatoms. The van der Waals surface area contributed by atoms with Gasteiger partial charge in [0.15, 0.2) is 5.12 Å². The number of hydrogen-bond donors (Lipinski definition) is 1. The second kappa shape index (κ2) is 13.5. The predicted molar refractivity (Wildman–Crippen MR) is 109 cm³/mol. The van der Waals surface area contributed by atoms with Crippen LogP contribution < -0.4 is 0 Å². The van der Waals surface area contributed by atoms with E-state index in [1.54, 1.807) is 0 Å². The van der Waals surface area contributed by atoms with Crippen molar-refractivity contribution in [2.75, 3.05) is 0 Å². The first-order chi connectivity index (χ1) is 11.7. The monoisotopic (exact) mass is 348 g/mol. The van der Waals surface area contributed by atoms with Gasteiger partial charge in [0.05, 0.1) is 0 Å². The van der Waals surface area contributed by atoms with Crippen LogP contribution >= 0.6 is 12.6 Å². The number of hydrogen-bond acceptors (Lipinski definition) is 1. The first-order valence-corrected chi connectivity index (χ1v) is 10.4. The zero-order valence-electron chi connectivity index (χ0n) is 15.7. The molecule has 0 radical (unpaired) electrons. The molecule has 0 bridgehead atoms. The van der Waals surface area contributed by atoms with Gasteiger partial charge < -0.3 is 0 Å². The van der Waals surface area contributed by atoms with E-state index in [0.717, 1.165) is 25.2 Å². The summed E-state index contributed by atoms with van der Waals surface area (Å²) in [5.41, 5.74) is 1.24. The molecule has 0 fully saturated rings. The smallest absolute Gasteiger partial charge is 0.189 e. The maximum absolute atomic E-state index is 11.9. The Morgan fingerprint density at radius 1 is 0.917 bits per heavy atom. The molecule has 1 aromatic rings. The molecule has 24 heavy (non-hydrogen) atoms. The third-order valence-corrected chi connectivity index (χ3v) is 5.51. The van der Waals surface area contributed by atoms with Crippen molar-refractivity contribution in [2.45, 2.75) is 84.5 Å². The molecular weight excluding hydrogens is 312 g/mol. The van der Waals surface area contributed by atoms with Crippen molar-refractivity contribution >= 4 is 17.7 Å². The Morgan fingerprint density at radius 3 is 2.21 bits per heavy atom. The highest BCUT2D eigenvalue weighted by atomic mass is 32.1. The molecular formula is C22H36OS. The Labute approximate surface area is 155 Å². The molecule has 0 spiro atoms. The van der Waals surface area contributed by atoms with Crippen molar-refractivity contribution in [2.24, 2.45) is 11.8 Å². The van der Waals surface area contributed by atoms with E-state index in [4.69, 9.17) is 0 Å². The number of carbonyl (C=O) groups excluding carboxylic acids is 1. The topological polar surface area (TPSA) is 17.1 Å². The maximum atomic E-state index is 11.9. The minimum Gasteiger partial charge on any atom is -0.287 e. The Kier molecular flexibility index (Phi) is 12.0. The van der Waals surface area contributed by atoms with Crippen LogP contribution in [0.15, 0.2) is 30.3 Å². The molecule has 2 unspecified atom stereocenters. The number of rotatable bonds is 14. The van der Waals surface area contributed by atoms with Gasteiger partial charge in [0.2, 0.25) is 0 Å². The highest BCUT2D eigenvalue weighted by Gasteiger charge is 2.18. The fourth-order valence-corrected chi connectivity index (χ4v) is 3.63. The van der Waals surface area contributed by atoms with Gasteiger partial charge in [0.25, 0.3) is 0 Å². The Bertz CT molecular complexity index is 429. The summed E-state index contributed by atoms with van der Waals surface area (Å²) in [5.74, 6) is 0.830. The van der Waals surface area contributed by atoms with Crippen molar-refractivity contribution in [1.29, 1.82) is 0 Å². The van der Waals surface area contributed by atoms with Crippen LogP contribution in [0.4, 0.5) is 0 Å². The summed E-state index contributed by atoms with van der Waals surface area (Å²) in [6, 6.07) is 10.3. The molecule has 0 saturated heterocycles. The van der Waals surface area contributed by atoms with E-state index < -0.39 is 0 Å². The van der Waals surface area contributed by atoms with Crippen molar-refractivity contribution < 1.29 is 4.79 Å². The van der Waals surface area contributed by atoms with E-state index in [2.05, 4.69) is 38.6 Å². The molecule has 1 nitrogen and oxygen atoms in total. The Morgan fingerprint density at radius 2 is 1.58 bits per heavy atom. The SMILES string of the molecule is CCCCCCCCC(CC)CCC(Cc1ccccc1)C(=O)S. The van der Waals surface area contributed by atoms with Crippen molar-refractivity contribution in [3.05, 3.63) is 35.9 Å². The minimum atomic E-state index is 0.0493. The van der Waals surface area contributed by atoms with E-state index >= 15 is 0 Å². The van der Waals surface area contributed by atoms with Gasteiger partial charge >= 0.3 is 0 Å². The Hall–Kier alpha value is -0.760. The lowest BCUT2D eigenvalue weighted by Gasteiger charge is -2.19. The van der Waals surface area contributed by atoms with E-state index in [-0.39, 0.29) is 11.0 Å². The lowest BCUT2D eigenvalue weighted by atomic mass is 9.88. The van der Waals surface area contributed by atoms with Crippen molar-refractivity contribution in [3.63, 3.8) is 0 Å². The zero-order chi connectivity index (χ0) is 17.6. The molecule has 0 amide bonds. The maximum Gasteiger partial charge on any atom is 0.189 e. The third-order valence-electron chi connectivity index (χ3n) is 5.14. The minimum absolute atomic E-state index is 0.0493. The van der Waals surface area contributed by atoms with Gasteiger partial charge in [0, 0.05) is 5.92 Å². The molecule has 0 N–H and O–H groups in total. The van der Waals surface area contributed by atoms with Gasteiger partial charge in [-0.2, -0.15) is 0 Å². The molecule has 0 aliphatic heterocycles. The lowest BCUT2D eigenvalue weighted by Crippen LogP contribution is -2.14. The molecule has 0 aliphatic carbocycles. The van der Waals surface area contributed by atoms with Crippen molar-refractivity contribution in [1.82, 2.24) is 0 Å². The summed E-state index contributed by atoms with van der Waals surface area (Å²) >= 11 is 4.13. The summed E-state index contributed by atoms with van der Waals surface area (Å²) in [4.78, 5) is 11.9. The molecule has 0 heterocycles. The molecule has 136 valence electrons. The van der Waals surface area contributed by atoms with Crippen LogP contribution in [0.5, 0.6) is 0 Å². The second-order valence-corrected chi connectivity index (χ2v) is 7.57. The quantitative estimate of drug-likeness (QED) is 0.287. The molecule has 0 aromatic heterocycles. The number of carbonyl (C=O) groups is 1. The van der Waals surface area contributed by atoms with E-state index in [0.29, 0.717) is 0 Å². The number of thiol groups is 1. The summed E-state index contributed by atoms with van der Waals surface area (Å²) in [7, 11) is 0. The molecule has 0 saturated carbocycles. The predicted octanol–water partition coefficient (Wildman–Crippen LogP) is 6.86. The van der Waals surface area contributed by atoms with Gasteiger partial charge in [0.1, 0.15) is 0 Å². The van der Waals surface area contributed by atoms with Crippen LogP contribution in [0.2, 0.25) is 0 Å². The van der Waals surface area contributed by atoms with Gasteiger partial charge in [-0.25, -0.2) is 0 Å². The fraction of sp³-hybridized carbons (Fsp3) is 0.682. The van der Waals surface area contributed by atoms with Crippen LogP contribution in [0, 0.1) is 11.8 Å². The molecule has 1 rings (SSSR count). The van der Waals surface area contributed by atoms with Crippen LogP contribution in [-0.2, 0) is 11.2 Å². The standard InChI is InChI=1S/C22H36OS/c1-3-5-6-7-8-10-13-19(4-2)16-17-21(22(23)24)18-20-14-11-9-12-15-20/h9,11-12,14-15,19,21H,3-8,10,13,16-18H2,1-2H3,(H,23,24). The fourth-order valence-electron chi connectivity index (χ4n) is 3.41. The van der Waals surface area contributed by atoms with Crippen LogP contribution in [0.1, 0.15) is 83.6 Å². The summed E-state index contributed by atoms with van der Waals surface area (Å²) < 4.78 is 0. The Balaban J connectivity index is 2.31. The normalized spacial score (nSPS) is 13.6. The van der Waals surface area contributed by atoms with Gasteiger partial charge in [-0.15, -0.1) is 12.6 Å². The molecule has 2 atom stereocenters. The van der Waals surface area contributed by atoms with E-state index in [9.17, 15) is 4.79 Å². The molecule has 1 aromatic carbocycles. The van der Waals surface area contributed by atoms with Crippen LogP contribution in [-0.4, -0.2) is 5.12 Å². The van der Waals surface area contributed by atoms with E-state index in [1.807, 2.05) is 18.2 Å². The third kappa shape index (κ3) is 9.52.